The van der Waals surface area contributed by atoms with Gasteiger partial charge in [-0.3, -0.25) is 4.79 Å². The first-order valence-electron chi connectivity index (χ1n) is 9.05. The van der Waals surface area contributed by atoms with Crippen LogP contribution in [0.2, 0.25) is 0 Å². The van der Waals surface area contributed by atoms with Gasteiger partial charge in [0.15, 0.2) is 0 Å². The number of nitrogens with one attached hydrogen (secondary N) is 1. The van der Waals surface area contributed by atoms with E-state index in [-0.39, 0.29) is 11.9 Å². The minimum atomic E-state index is 0.242. The van der Waals surface area contributed by atoms with E-state index >= 15 is 0 Å². The topological polar surface area (TPSA) is 29.1 Å². The summed E-state index contributed by atoms with van der Waals surface area (Å²) >= 11 is 0. The van der Waals surface area contributed by atoms with Gasteiger partial charge in [-0.15, -0.1) is 0 Å². The molecule has 2 heteroatoms. The van der Waals surface area contributed by atoms with Crippen molar-refractivity contribution in [3.8, 4) is 0 Å². The minimum Gasteiger partial charge on any atom is -0.349 e. The Labute approximate surface area is 133 Å². The minimum absolute atomic E-state index is 0.242. The molecule has 0 saturated heterocycles. The quantitative estimate of drug-likeness (QED) is 0.858. The largest absolute Gasteiger partial charge is 0.349 e. The molecule has 0 spiro atoms. The predicted octanol–water partition coefficient (Wildman–Crippen LogP) is 4.39. The first-order chi connectivity index (χ1) is 10.7. The van der Waals surface area contributed by atoms with Crippen LogP contribution in [0.25, 0.3) is 0 Å². The lowest BCUT2D eigenvalue weighted by Gasteiger charge is -2.24. The van der Waals surface area contributed by atoms with Crippen LogP contribution in [-0.2, 0) is 4.79 Å². The second-order valence-corrected chi connectivity index (χ2v) is 7.93. The van der Waals surface area contributed by atoms with Crippen LogP contribution in [0.1, 0.15) is 62.1 Å². The van der Waals surface area contributed by atoms with Gasteiger partial charge in [0.2, 0.25) is 5.91 Å². The number of rotatable bonds is 5. The van der Waals surface area contributed by atoms with E-state index in [0.29, 0.717) is 11.8 Å². The standard InChI is InChI=1S/C20H27NO/c1-13-2-5-15(6-3-13)20(16-8-9-16)21-19(22)12-18-11-14-4-7-17(18)10-14/h2-3,5-6,14,16-18,20H,4,7-12H2,1H3,(H,21,22)/t14-,17-,18+,20+/m0/s1. The van der Waals surface area contributed by atoms with Crippen molar-refractivity contribution < 1.29 is 4.79 Å². The first kappa shape index (κ1) is 14.3. The molecule has 1 aromatic rings. The van der Waals surface area contributed by atoms with Gasteiger partial charge in [0, 0.05) is 6.42 Å². The van der Waals surface area contributed by atoms with Gasteiger partial charge in [-0.05, 0) is 68.3 Å². The molecule has 1 N–H and O–H groups in total. The number of carbonyl (C=O) groups excluding carboxylic acids is 1. The molecule has 1 aromatic carbocycles. The molecule has 3 aliphatic carbocycles. The number of hydrogen-bond donors (Lipinski definition) is 1. The Balaban J connectivity index is 1.39. The SMILES string of the molecule is Cc1ccc([C@@H](NC(=O)C[C@H]2C[C@H]3CC[C@H]2C3)C2CC2)cc1. The lowest BCUT2D eigenvalue weighted by molar-refractivity contribution is -0.123. The highest BCUT2D eigenvalue weighted by Crippen LogP contribution is 2.49. The van der Waals surface area contributed by atoms with Gasteiger partial charge in [0.25, 0.3) is 0 Å². The molecule has 1 amide bonds. The Morgan fingerprint density at radius 2 is 1.91 bits per heavy atom. The normalized spacial score (nSPS) is 31.2. The fraction of sp³-hybridized carbons (Fsp3) is 0.650. The van der Waals surface area contributed by atoms with Crippen molar-refractivity contribution in [3.63, 3.8) is 0 Å². The van der Waals surface area contributed by atoms with Crippen molar-refractivity contribution in [3.05, 3.63) is 35.4 Å². The summed E-state index contributed by atoms with van der Waals surface area (Å²) in [5.74, 6) is 3.38. The van der Waals surface area contributed by atoms with Crippen LogP contribution in [-0.4, -0.2) is 5.91 Å². The zero-order valence-corrected chi connectivity index (χ0v) is 13.6. The number of amides is 1. The fourth-order valence-electron chi connectivity index (χ4n) is 4.77. The highest BCUT2D eigenvalue weighted by atomic mass is 16.1. The van der Waals surface area contributed by atoms with Gasteiger partial charge in [0.1, 0.15) is 0 Å². The predicted molar refractivity (Wildman–Crippen MR) is 88.3 cm³/mol. The maximum Gasteiger partial charge on any atom is 0.220 e. The second kappa shape index (κ2) is 5.72. The summed E-state index contributed by atoms with van der Waals surface area (Å²) in [6.45, 7) is 2.11. The van der Waals surface area contributed by atoms with E-state index in [4.69, 9.17) is 0 Å². The van der Waals surface area contributed by atoms with Crippen LogP contribution >= 0.6 is 0 Å². The highest BCUT2D eigenvalue weighted by molar-refractivity contribution is 5.77. The molecular formula is C20H27NO. The summed E-state index contributed by atoms with van der Waals surface area (Å²) in [5.41, 5.74) is 2.57. The summed E-state index contributed by atoms with van der Waals surface area (Å²) in [6.07, 6.45) is 8.75. The molecule has 118 valence electrons. The molecule has 4 rings (SSSR count). The Morgan fingerprint density at radius 3 is 2.50 bits per heavy atom. The summed E-state index contributed by atoms with van der Waals surface area (Å²) in [5, 5.41) is 3.36. The van der Waals surface area contributed by atoms with Crippen molar-refractivity contribution in [2.75, 3.05) is 0 Å². The molecular weight excluding hydrogens is 270 g/mol. The zero-order valence-electron chi connectivity index (χ0n) is 13.6. The van der Waals surface area contributed by atoms with Crippen LogP contribution < -0.4 is 5.32 Å². The molecule has 2 bridgehead atoms. The maximum atomic E-state index is 12.5. The summed E-state index contributed by atoms with van der Waals surface area (Å²) < 4.78 is 0. The van der Waals surface area contributed by atoms with E-state index < -0.39 is 0 Å². The van der Waals surface area contributed by atoms with E-state index in [2.05, 4.69) is 36.5 Å². The first-order valence-corrected chi connectivity index (χ1v) is 9.05. The third-order valence-electron chi connectivity index (χ3n) is 6.18. The average molecular weight is 297 g/mol. The lowest BCUT2D eigenvalue weighted by Crippen LogP contribution is -2.32. The zero-order chi connectivity index (χ0) is 15.1. The van der Waals surface area contributed by atoms with Gasteiger partial charge in [-0.2, -0.15) is 0 Å². The lowest BCUT2D eigenvalue weighted by atomic mass is 9.86. The molecule has 0 heterocycles. The van der Waals surface area contributed by atoms with Crippen molar-refractivity contribution in [1.82, 2.24) is 5.32 Å². The summed E-state index contributed by atoms with van der Waals surface area (Å²) in [6, 6.07) is 8.94. The summed E-state index contributed by atoms with van der Waals surface area (Å²) in [7, 11) is 0. The van der Waals surface area contributed by atoms with Crippen LogP contribution in [0.3, 0.4) is 0 Å². The molecule has 22 heavy (non-hydrogen) atoms. The van der Waals surface area contributed by atoms with E-state index in [1.54, 1.807) is 0 Å². The number of hydrogen-bond acceptors (Lipinski definition) is 1. The molecule has 3 fully saturated rings. The van der Waals surface area contributed by atoms with E-state index in [1.165, 1.54) is 49.7 Å². The molecule has 3 aliphatic rings. The van der Waals surface area contributed by atoms with Gasteiger partial charge in [-0.1, -0.05) is 36.2 Å². The molecule has 4 atom stereocenters. The van der Waals surface area contributed by atoms with Gasteiger partial charge in [0.05, 0.1) is 6.04 Å². The number of aryl methyl sites for hydroxylation is 1. The number of benzene rings is 1. The van der Waals surface area contributed by atoms with Crippen molar-refractivity contribution in [2.24, 2.45) is 23.7 Å². The van der Waals surface area contributed by atoms with E-state index in [0.717, 1.165) is 18.3 Å². The van der Waals surface area contributed by atoms with Gasteiger partial charge < -0.3 is 5.32 Å². The fourth-order valence-corrected chi connectivity index (χ4v) is 4.77. The highest BCUT2D eigenvalue weighted by Gasteiger charge is 2.41. The van der Waals surface area contributed by atoms with E-state index in [9.17, 15) is 4.79 Å². The Bertz CT molecular complexity index is 545. The number of fused-ring (bicyclic) bond motifs is 2. The Kier molecular flexibility index (Phi) is 3.71. The van der Waals surface area contributed by atoms with Crippen LogP contribution in [0.4, 0.5) is 0 Å². The van der Waals surface area contributed by atoms with Crippen molar-refractivity contribution in [2.45, 2.75) is 57.9 Å². The van der Waals surface area contributed by atoms with Crippen LogP contribution in [0, 0.1) is 30.6 Å². The average Bonchev–Trinajstić information content (AvgIpc) is 3.14. The molecule has 2 nitrogen and oxygen atoms in total. The molecule has 0 radical (unpaired) electrons. The second-order valence-electron chi connectivity index (χ2n) is 7.93. The number of carbonyl (C=O) groups is 1. The maximum absolute atomic E-state index is 12.5. The van der Waals surface area contributed by atoms with E-state index in [1.807, 2.05) is 0 Å². The third-order valence-corrected chi connectivity index (χ3v) is 6.18. The van der Waals surface area contributed by atoms with Crippen LogP contribution in [0.5, 0.6) is 0 Å². The third kappa shape index (κ3) is 2.93. The summed E-state index contributed by atoms with van der Waals surface area (Å²) in [4.78, 5) is 12.5. The van der Waals surface area contributed by atoms with Crippen LogP contribution in [0.15, 0.2) is 24.3 Å². The van der Waals surface area contributed by atoms with Gasteiger partial charge >= 0.3 is 0 Å². The Hall–Kier alpha value is -1.31. The Morgan fingerprint density at radius 1 is 1.14 bits per heavy atom. The molecule has 3 saturated carbocycles. The monoisotopic (exact) mass is 297 g/mol. The molecule has 0 unspecified atom stereocenters. The van der Waals surface area contributed by atoms with Crippen molar-refractivity contribution in [1.29, 1.82) is 0 Å². The molecule has 0 aromatic heterocycles. The van der Waals surface area contributed by atoms with Gasteiger partial charge in [-0.25, -0.2) is 0 Å². The molecule has 0 aliphatic heterocycles. The van der Waals surface area contributed by atoms with Crippen molar-refractivity contribution >= 4 is 5.91 Å². The smallest absolute Gasteiger partial charge is 0.220 e.